The number of aromatic nitrogens is 2. The van der Waals surface area contributed by atoms with Gasteiger partial charge in [0.05, 0.1) is 17.4 Å². The van der Waals surface area contributed by atoms with Crippen LogP contribution in [0.2, 0.25) is 0 Å². The molecule has 1 N–H and O–H groups in total. The van der Waals surface area contributed by atoms with E-state index < -0.39 is 0 Å². The third kappa shape index (κ3) is 2.56. The molecule has 1 amide bonds. The molecule has 0 aliphatic carbocycles. The van der Waals surface area contributed by atoms with E-state index in [4.69, 9.17) is 0 Å². The molecule has 100 valence electrons. The second-order valence-corrected chi connectivity index (χ2v) is 4.78. The summed E-state index contributed by atoms with van der Waals surface area (Å²) in [6.45, 7) is 6.63. The molecule has 0 aromatic carbocycles. The number of hydrogen-bond acceptors (Lipinski definition) is 3. The number of amides is 1. The molecule has 18 heavy (non-hydrogen) atoms. The minimum atomic E-state index is -0.0275. The van der Waals surface area contributed by atoms with Gasteiger partial charge in [0.2, 0.25) is 5.91 Å². The van der Waals surface area contributed by atoms with E-state index in [1.165, 1.54) is 0 Å². The Labute approximate surface area is 108 Å². The number of carbonyl (C=O) groups is 1. The van der Waals surface area contributed by atoms with E-state index in [-0.39, 0.29) is 11.9 Å². The first kappa shape index (κ1) is 13.1. The lowest BCUT2D eigenvalue weighted by atomic mass is 10.2. The molecule has 2 heterocycles. The first-order valence-corrected chi connectivity index (χ1v) is 6.69. The number of carbonyl (C=O) groups excluding carboxylic acids is 1. The van der Waals surface area contributed by atoms with Crippen molar-refractivity contribution in [1.82, 2.24) is 20.0 Å². The highest BCUT2D eigenvalue weighted by Crippen LogP contribution is 2.11. The molecule has 1 aromatic rings. The zero-order valence-electron chi connectivity index (χ0n) is 11.4. The largest absolute Gasteiger partial charge is 0.344 e. The van der Waals surface area contributed by atoms with Crippen LogP contribution >= 0.6 is 0 Å². The Morgan fingerprint density at radius 2 is 2.28 bits per heavy atom. The van der Waals surface area contributed by atoms with Gasteiger partial charge in [-0.3, -0.25) is 9.48 Å². The van der Waals surface area contributed by atoms with Crippen molar-refractivity contribution in [3.8, 4) is 0 Å². The molecular weight excluding hydrogens is 228 g/mol. The fourth-order valence-electron chi connectivity index (χ4n) is 2.34. The van der Waals surface area contributed by atoms with Gasteiger partial charge in [0.1, 0.15) is 0 Å². The second kappa shape index (κ2) is 5.52. The minimum absolute atomic E-state index is 0.0275. The van der Waals surface area contributed by atoms with Crippen LogP contribution in [0.3, 0.4) is 0 Å². The van der Waals surface area contributed by atoms with E-state index in [1.807, 2.05) is 11.7 Å². The Morgan fingerprint density at radius 3 is 2.83 bits per heavy atom. The van der Waals surface area contributed by atoms with E-state index in [0.717, 1.165) is 37.3 Å². The summed E-state index contributed by atoms with van der Waals surface area (Å²) in [7, 11) is 1.86. The van der Waals surface area contributed by atoms with Gasteiger partial charge < -0.3 is 10.2 Å². The summed E-state index contributed by atoms with van der Waals surface area (Å²) < 4.78 is 2.01. The van der Waals surface area contributed by atoms with Gasteiger partial charge in [-0.2, -0.15) is 5.10 Å². The zero-order valence-corrected chi connectivity index (χ0v) is 11.4. The second-order valence-electron chi connectivity index (χ2n) is 4.78. The first-order chi connectivity index (χ1) is 8.65. The lowest BCUT2D eigenvalue weighted by molar-refractivity contribution is -0.128. The van der Waals surface area contributed by atoms with E-state index in [9.17, 15) is 4.79 Å². The Balaban J connectivity index is 1.97. The van der Waals surface area contributed by atoms with Crippen LogP contribution in [-0.4, -0.2) is 40.2 Å². The Bertz CT molecular complexity index is 427. The van der Waals surface area contributed by atoms with Crippen molar-refractivity contribution in [2.24, 2.45) is 0 Å². The first-order valence-electron chi connectivity index (χ1n) is 6.69. The van der Waals surface area contributed by atoms with Crippen molar-refractivity contribution in [3.05, 3.63) is 17.5 Å². The highest BCUT2D eigenvalue weighted by Gasteiger charge is 2.28. The average Bonchev–Trinajstić information content (AvgIpc) is 2.92. The van der Waals surface area contributed by atoms with Crippen LogP contribution in [0, 0.1) is 0 Å². The summed E-state index contributed by atoms with van der Waals surface area (Å²) in [5.41, 5.74) is 2.28. The predicted molar refractivity (Wildman–Crippen MR) is 70.2 cm³/mol. The fraction of sp³-hybridized carbons (Fsp3) is 0.692. The minimum Gasteiger partial charge on any atom is -0.344 e. The van der Waals surface area contributed by atoms with Gasteiger partial charge in [0.25, 0.3) is 0 Å². The molecule has 0 spiro atoms. The van der Waals surface area contributed by atoms with Crippen molar-refractivity contribution >= 4 is 5.91 Å². The number of nitrogens with one attached hydrogen (secondary N) is 1. The normalized spacial score (nSPS) is 19.8. The third-order valence-corrected chi connectivity index (χ3v) is 3.53. The van der Waals surface area contributed by atoms with Crippen LogP contribution in [0.1, 0.15) is 31.7 Å². The van der Waals surface area contributed by atoms with Crippen LogP contribution in [0.4, 0.5) is 0 Å². The van der Waals surface area contributed by atoms with Crippen LogP contribution in [0.25, 0.3) is 0 Å². The molecule has 0 saturated carbocycles. The maximum absolute atomic E-state index is 11.8. The maximum atomic E-state index is 11.8. The molecule has 5 nitrogen and oxygen atoms in total. The smallest absolute Gasteiger partial charge is 0.239 e. The van der Waals surface area contributed by atoms with Crippen LogP contribution in [0.5, 0.6) is 0 Å². The van der Waals surface area contributed by atoms with Crippen LogP contribution in [0.15, 0.2) is 6.07 Å². The van der Waals surface area contributed by atoms with Gasteiger partial charge in [-0.15, -0.1) is 0 Å². The van der Waals surface area contributed by atoms with Crippen molar-refractivity contribution in [1.29, 1.82) is 0 Å². The van der Waals surface area contributed by atoms with Crippen molar-refractivity contribution in [2.75, 3.05) is 13.6 Å². The topological polar surface area (TPSA) is 50.2 Å². The van der Waals surface area contributed by atoms with E-state index in [1.54, 1.807) is 4.90 Å². The predicted octanol–water partition coefficient (Wildman–Crippen LogP) is 0.786. The Morgan fingerprint density at radius 1 is 1.50 bits per heavy atom. The number of likely N-dealkylation sites (tertiary alicyclic amines) is 1. The van der Waals surface area contributed by atoms with Gasteiger partial charge >= 0.3 is 0 Å². The molecule has 1 aromatic heterocycles. The lowest BCUT2D eigenvalue weighted by Crippen LogP contribution is -2.36. The molecule has 1 atom stereocenters. The fourth-order valence-corrected chi connectivity index (χ4v) is 2.34. The number of hydrogen-bond donors (Lipinski definition) is 1. The van der Waals surface area contributed by atoms with E-state index in [2.05, 4.69) is 30.3 Å². The van der Waals surface area contributed by atoms with Gasteiger partial charge in [-0.1, -0.05) is 6.92 Å². The summed E-state index contributed by atoms with van der Waals surface area (Å²) >= 11 is 0. The van der Waals surface area contributed by atoms with E-state index in [0.29, 0.717) is 6.54 Å². The third-order valence-electron chi connectivity index (χ3n) is 3.53. The standard InChI is InChI=1S/C13H22N4O/c1-4-10-8-11(17(5-2)15-10)9-14-12-6-7-16(3)13(12)18/h8,12,14H,4-7,9H2,1-3H3. The van der Waals surface area contributed by atoms with Crippen LogP contribution in [-0.2, 0) is 24.3 Å². The molecule has 1 aliphatic heterocycles. The molecule has 2 rings (SSSR count). The van der Waals surface area contributed by atoms with Gasteiger partial charge in [-0.25, -0.2) is 0 Å². The average molecular weight is 250 g/mol. The summed E-state index contributed by atoms with van der Waals surface area (Å²) in [4.78, 5) is 13.6. The number of rotatable bonds is 5. The van der Waals surface area contributed by atoms with Crippen molar-refractivity contribution in [2.45, 2.75) is 45.8 Å². The van der Waals surface area contributed by atoms with Crippen LogP contribution < -0.4 is 5.32 Å². The Kier molecular flexibility index (Phi) is 4.01. The highest BCUT2D eigenvalue weighted by molar-refractivity contribution is 5.83. The number of aryl methyl sites for hydroxylation is 2. The SMILES string of the molecule is CCc1cc(CNC2CCN(C)C2=O)n(CC)n1. The van der Waals surface area contributed by atoms with Crippen molar-refractivity contribution < 1.29 is 4.79 Å². The molecule has 5 heteroatoms. The molecule has 1 fully saturated rings. The van der Waals surface area contributed by atoms with Gasteiger partial charge in [0.15, 0.2) is 0 Å². The molecule has 1 aliphatic rings. The summed E-state index contributed by atoms with van der Waals surface area (Å²) in [6, 6.07) is 2.10. The Hall–Kier alpha value is -1.36. The molecule has 0 bridgehead atoms. The van der Waals surface area contributed by atoms with Crippen molar-refractivity contribution in [3.63, 3.8) is 0 Å². The summed E-state index contributed by atoms with van der Waals surface area (Å²) in [5.74, 6) is 0.202. The summed E-state index contributed by atoms with van der Waals surface area (Å²) in [6.07, 6.45) is 1.85. The van der Waals surface area contributed by atoms with Gasteiger partial charge in [-0.05, 0) is 25.8 Å². The number of nitrogens with zero attached hydrogens (tertiary/aromatic N) is 3. The maximum Gasteiger partial charge on any atom is 0.239 e. The van der Waals surface area contributed by atoms with Gasteiger partial charge in [0, 0.05) is 26.7 Å². The highest BCUT2D eigenvalue weighted by atomic mass is 16.2. The summed E-state index contributed by atoms with van der Waals surface area (Å²) in [5, 5.41) is 7.85. The van der Waals surface area contributed by atoms with E-state index >= 15 is 0 Å². The molecule has 1 saturated heterocycles. The molecule has 0 radical (unpaired) electrons. The number of likely N-dealkylation sites (N-methyl/N-ethyl adjacent to an activating group) is 1. The zero-order chi connectivity index (χ0) is 13.1. The quantitative estimate of drug-likeness (QED) is 0.840. The molecule has 1 unspecified atom stereocenters. The molecular formula is C13H22N4O. The lowest BCUT2D eigenvalue weighted by Gasteiger charge is -2.12. The monoisotopic (exact) mass is 250 g/mol.